The summed E-state index contributed by atoms with van der Waals surface area (Å²) in [5, 5.41) is 6.23. The van der Waals surface area contributed by atoms with Crippen molar-refractivity contribution in [1.82, 2.24) is 5.32 Å². The Bertz CT molecular complexity index is 691. The Morgan fingerprint density at radius 2 is 1.61 bits per heavy atom. The van der Waals surface area contributed by atoms with Crippen LogP contribution >= 0.6 is 28.1 Å². The van der Waals surface area contributed by atoms with Crippen LogP contribution in [0.15, 0.2) is 46.9 Å². The minimum atomic E-state index is -0.220. The lowest BCUT2D eigenvalue weighted by Crippen LogP contribution is -2.34. The van der Waals surface area contributed by atoms with Crippen molar-refractivity contribution in [2.45, 2.75) is 26.7 Å². The lowest BCUT2D eigenvalue weighted by molar-refractivity contribution is 0.0977. The second-order valence-corrected chi connectivity index (χ2v) is 6.40. The summed E-state index contributed by atoms with van der Waals surface area (Å²) in [5.74, 6) is -0.220. The molecular formula is C18H19BrN2OS. The number of para-hydroxylation sites is 1. The summed E-state index contributed by atoms with van der Waals surface area (Å²) in [6, 6.07) is 13.3. The number of nitrogens with one attached hydrogen (secondary N) is 2. The Kier molecular flexibility index (Phi) is 6.30. The number of carbonyl (C=O) groups is 1. The maximum Gasteiger partial charge on any atom is 0.257 e. The minimum absolute atomic E-state index is 0.220. The predicted octanol–water partition coefficient (Wildman–Crippen LogP) is 4.70. The number of halogens is 1. The number of hydrogen-bond acceptors (Lipinski definition) is 2. The highest BCUT2D eigenvalue weighted by Gasteiger charge is 2.11. The second-order valence-electron chi connectivity index (χ2n) is 5.07. The number of anilines is 1. The molecule has 0 aliphatic carbocycles. The minimum Gasteiger partial charge on any atom is -0.332 e. The summed E-state index contributed by atoms with van der Waals surface area (Å²) in [6.45, 7) is 4.20. The van der Waals surface area contributed by atoms with Crippen LogP contribution in [0, 0.1) is 0 Å². The van der Waals surface area contributed by atoms with Crippen LogP contribution in [0.5, 0.6) is 0 Å². The molecule has 0 atom stereocenters. The van der Waals surface area contributed by atoms with Crippen molar-refractivity contribution in [3.63, 3.8) is 0 Å². The average molecular weight is 391 g/mol. The number of aryl methyl sites for hydroxylation is 2. The van der Waals surface area contributed by atoms with Crippen molar-refractivity contribution >= 4 is 44.9 Å². The molecule has 0 heterocycles. The van der Waals surface area contributed by atoms with Crippen LogP contribution in [0.3, 0.4) is 0 Å². The van der Waals surface area contributed by atoms with E-state index >= 15 is 0 Å². The first-order valence-electron chi connectivity index (χ1n) is 7.53. The summed E-state index contributed by atoms with van der Waals surface area (Å²) >= 11 is 8.65. The van der Waals surface area contributed by atoms with Gasteiger partial charge in [-0.25, -0.2) is 0 Å². The maximum absolute atomic E-state index is 12.2. The topological polar surface area (TPSA) is 41.1 Å². The third-order valence-electron chi connectivity index (χ3n) is 3.57. The van der Waals surface area contributed by atoms with Crippen LogP contribution in [0.25, 0.3) is 0 Å². The van der Waals surface area contributed by atoms with Gasteiger partial charge in [0.2, 0.25) is 0 Å². The van der Waals surface area contributed by atoms with Crippen molar-refractivity contribution in [2.24, 2.45) is 0 Å². The first-order chi connectivity index (χ1) is 11.0. The number of thiocarbonyl (C=S) groups is 1. The molecule has 0 unspecified atom stereocenters. The molecule has 2 N–H and O–H groups in total. The summed E-state index contributed by atoms with van der Waals surface area (Å²) in [5.41, 5.74) is 3.93. The standard InChI is InChI=1S/C18H19BrN2OS/c1-3-12-6-5-7-13(4-2)16(12)20-18(23)21-17(22)14-8-10-15(19)11-9-14/h5-11H,3-4H2,1-2H3,(H2,20,21,22,23). The van der Waals surface area contributed by atoms with Crippen LogP contribution in [0.4, 0.5) is 5.69 Å². The maximum atomic E-state index is 12.2. The summed E-state index contributed by atoms with van der Waals surface area (Å²) in [6.07, 6.45) is 1.80. The van der Waals surface area contributed by atoms with Crippen molar-refractivity contribution in [1.29, 1.82) is 0 Å². The number of benzene rings is 2. The highest BCUT2D eigenvalue weighted by atomic mass is 79.9. The largest absolute Gasteiger partial charge is 0.332 e. The molecule has 0 spiro atoms. The number of hydrogen-bond donors (Lipinski definition) is 2. The zero-order valence-electron chi connectivity index (χ0n) is 13.2. The Balaban J connectivity index is 2.11. The van der Waals surface area contributed by atoms with Crippen molar-refractivity contribution in [2.75, 3.05) is 5.32 Å². The number of amides is 1. The molecule has 0 bridgehead atoms. The Morgan fingerprint density at radius 1 is 1.04 bits per heavy atom. The molecule has 120 valence electrons. The van der Waals surface area contributed by atoms with Crippen LogP contribution in [0.1, 0.15) is 35.3 Å². The third-order valence-corrected chi connectivity index (χ3v) is 4.30. The molecule has 5 heteroatoms. The first-order valence-corrected chi connectivity index (χ1v) is 8.74. The van der Waals surface area contributed by atoms with E-state index in [1.165, 1.54) is 11.1 Å². The summed E-state index contributed by atoms with van der Waals surface area (Å²) < 4.78 is 0.930. The molecule has 3 nitrogen and oxygen atoms in total. The SMILES string of the molecule is CCc1cccc(CC)c1NC(=S)NC(=O)c1ccc(Br)cc1. The van der Waals surface area contributed by atoms with E-state index in [4.69, 9.17) is 12.2 Å². The van der Waals surface area contributed by atoms with Crippen molar-refractivity contribution in [3.05, 3.63) is 63.6 Å². The molecule has 0 saturated heterocycles. The van der Waals surface area contributed by atoms with E-state index in [1.54, 1.807) is 12.1 Å². The van der Waals surface area contributed by atoms with E-state index in [0.717, 1.165) is 23.0 Å². The Hall–Kier alpha value is -1.72. The van der Waals surface area contributed by atoms with E-state index in [9.17, 15) is 4.79 Å². The van der Waals surface area contributed by atoms with E-state index in [-0.39, 0.29) is 5.91 Å². The zero-order valence-corrected chi connectivity index (χ0v) is 15.6. The average Bonchev–Trinajstić information content (AvgIpc) is 2.55. The fourth-order valence-corrected chi connectivity index (χ4v) is 2.78. The Morgan fingerprint density at radius 3 is 2.13 bits per heavy atom. The molecule has 0 fully saturated rings. The van der Waals surface area contributed by atoms with Gasteiger partial charge in [0.05, 0.1) is 0 Å². The van der Waals surface area contributed by atoms with E-state index in [1.807, 2.05) is 18.2 Å². The predicted molar refractivity (Wildman–Crippen MR) is 103 cm³/mol. The highest BCUT2D eigenvalue weighted by molar-refractivity contribution is 9.10. The molecule has 0 aliphatic rings. The van der Waals surface area contributed by atoms with Gasteiger partial charge in [-0.05, 0) is 60.5 Å². The highest BCUT2D eigenvalue weighted by Crippen LogP contribution is 2.22. The number of rotatable bonds is 4. The van der Waals surface area contributed by atoms with Gasteiger partial charge >= 0.3 is 0 Å². The van der Waals surface area contributed by atoms with Crippen molar-refractivity contribution < 1.29 is 4.79 Å². The van der Waals surface area contributed by atoms with Gasteiger partial charge < -0.3 is 5.32 Å². The molecule has 2 aromatic rings. The van der Waals surface area contributed by atoms with Crippen LogP contribution in [-0.4, -0.2) is 11.0 Å². The van der Waals surface area contributed by atoms with Gasteiger partial charge in [0.1, 0.15) is 0 Å². The molecule has 0 aromatic heterocycles. The lowest BCUT2D eigenvalue weighted by atomic mass is 10.0. The molecule has 2 aromatic carbocycles. The van der Waals surface area contributed by atoms with Gasteiger partial charge in [0.15, 0.2) is 5.11 Å². The molecule has 1 amide bonds. The zero-order chi connectivity index (χ0) is 16.8. The number of carbonyl (C=O) groups excluding carboxylic acids is 1. The van der Waals surface area contributed by atoms with E-state index in [2.05, 4.69) is 52.5 Å². The summed E-state index contributed by atoms with van der Waals surface area (Å²) in [7, 11) is 0. The third kappa shape index (κ3) is 4.62. The van der Waals surface area contributed by atoms with E-state index in [0.29, 0.717) is 10.7 Å². The molecule has 0 radical (unpaired) electrons. The molecular weight excluding hydrogens is 372 g/mol. The van der Waals surface area contributed by atoms with Crippen LogP contribution < -0.4 is 10.6 Å². The van der Waals surface area contributed by atoms with Gasteiger partial charge in [-0.1, -0.05) is 48.0 Å². The Labute approximate surface area is 150 Å². The second kappa shape index (κ2) is 8.22. The van der Waals surface area contributed by atoms with Gasteiger partial charge in [-0.2, -0.15) is 0 Å². The van der Waals surface area contributed by atoms with Crippen LogP contribution in [-0.2, 0) is 12.8 Å². The van der Waals surface area contributed by atoms with E-state index < -0.39 is 0 Å². The van der Waals surface area contributed by atoms with Gasteiger partial charge in [-0.3, -0.25) is 10.1 Å². The smallest absolute Gasteiger partial charge is 0.257 e. The fraction of sp³-hybridized carbons (Fsp3) is 0.222. The normalized spacial score (nSPS) is 10.2. The van der Waals surface area contributed by atoms with Crippen molar-refractivity contribution in [3.8, 4) is 0 Å². The summed E-state index contributed by atoms with van der Waals surface area (Å²) in [4.78, 5) is 12.2. The monoisotopic (exact) mass is 390 g/mol. The molecule has 0 saturated carbocycles. The molecule has 0 aliphatic heterocycles. The van der Waals surface area contributed by atoms with Gasteiger partial charge in [0, 0.05) is 15.7 Å². The first kappa shape index (κ1) is 17.6. The van der Waals surface area contributed by atoms with Gasteiger partial charge in [0.25, 0.3) is 5.91 Å². The van der Waals surface area contributed by atoms with Crippen LogP contribution in [0.2, 0.25) is 0 Å². The molecule has 2 rings (SSSR count). The van der Waals surface area contributed by atoms with Gasteiger partial charge in [-0.15, -0.1) is 0 Å². The fourth-order valence-electron chi connectivity index (χ4n) is 2.32. The molecule has 23 heavy (non-hydrogen) atoms. The lowest BCUT2D eigenvalue weighted by Gasteiger charge is -2.16. The quantitative estimate of drug-likeness (QED) is 0.743.